The van der Waals surface area contributed by atoms with Crippen molar-refractivity contribution in [2.24, 2.45) is 0 Å². The summed E-state index contributed by atoms with van der Waals surface area (Å²) in [4.78, 5) is 44.4. The van der Waals surface area contributed by atoms with E-state index in [1.807, 2.05) is 30.3 Å². The quantitative estimate of drug-likeness (QED) is 0.742. The molecule has 1 aromatic carbocycles. The van der Waals surface area contributed by atoms with Crippen molar-refractivity contribution in [3.8, 4) is 11.3 Å². The molecule has 0 bridgehead atoms. The number of hydrogen-bond donors (Lipinski definition) is 0. The Kier molecular flexibility index (Phi) is 6.26. The summed E-state index contributed by atoms with van der Waals surface area (Å²) in [7, 11) is 0. The van der Waals surface area contributed by atoms with E-state index in [1.165, 1.54) is 6.92 Å². The molecule has 1 aliphatic heterocycles. The molecular weight excluding hydrogens is 370 g/mol. The molecule has 1 saturated heterocycles. The Labute approximate surface area is 170 Å². The number of pyridine rings is 1. The number of amides is 2. The fourth-order valence-corrected chi connectivity index (χ4v) is 3.32. The highest BCUT2D eigenvalue weighted by atomic mass is 16.5. The average Bonchev–Trinajstić information content (AvgIpc) is 2.73. The summed E-state index contributed by atoms with van der Waals surface area (Å²) in [6.07, 6.45) is -0.903. The molecule has 0 radical (unpaired) electrons. The number of rotatable bonds is 4. The van der Waals surface area contributed by atoms with E-state index in [2.05, 4.69) is 4.98 Å². The highest BCUT2D eigenvalue weighted by Gasteiger charge is 2.28. The second-order valence-electron chi connectivity index (χ2n) is 7.07. The number of carbonyl (C=O) groups is 3. The molecule has 29 heavy (non-hydrogen) atoms. The second kappa shape index (κ2) is 8.86. The van der Waals surface area contributed by atoms with Crippen molar-refractivity contribution < 1.29 is 19.1 Å². The van der Waals surface area contributed by atoms with Crippen LogP contribution in [-0.2, 0) is 14.3 Å². The zero-order chi connectivity index (χ0) is 21.0. The molecule has 7 heteroatoms. The van der Waals surface area contributed by atoms with E-state index in [0.717, 1.165) is 11.3 Å². The van der Waals surface area contributed by atoms with Crippen molar-refractivity contribution in [3.05, 3.63) is 53.7 Å². The van der Waals surface area contributed by atoms with Crippen LogP contribution in [0.1, 0.15) is 29.9 Å². The Morgan fingerprint density at radius 3 is 2.17 bits per heavy atom. The van der Waals surface area contributed by atoms with Gasteiger partial charge in [-0.05, 0) is 26.0 Å². The van der Waals surface area contributed by atoms with Gasteiger partial charge in [-0.25, -0.2) is 4.79 Å². The zero-order valence-electron chi connectivity index (χ0n) is 16.9. The number of esters is 1. The van der Waals surface area contributed by atoms with Crippen molar-refractivity contribution in [1.29, 1.82) is 0 Å². The molecule has 1 unspecified atom stereocenters. The van der Waals surface area contributed by atoms with Gasteiger partial charge in [0.15, 0.2) is 6.10 Å². The molecule has 0 N–H and O–H groups in total. The maximum atomic E-state index is 12.6. The lowest BCUT2D eigenvalue weighted by atomic mass is 10.1. The lowest BCUT2D eigenvalue weighted by Crippen LogP contribution is -2.52. The lowest BCUT2D eigenvalue weighted by Gasteiger charge is -2.35. The lowest BCUT2D eigenvalue weighted by molar-refractivity contribution is -0.144. The molecule has 152 valence electrons. The Morgan fingerprint density at radius 1 is 0.966 bits per heavy atom. The number of aryl methyl sites for hydroxylation is 1. The molecule has 1 aliphatic rings. The number of aromatic nitrogens is 1. The highest BCUT2D eigenvalue weighted by molar-refractivity contribution is 5.93. The van der Waals surface area contributed by atoms with E-state index in [9.17, 15) is 14.4 Å². The SMILES string of the molecule is CC(=O)N1CCN(C(=O)C(C)OC(=O)c2ccc(-c3ccccc3)nc2C)CC1. The van der Waals surface area contributed by atoms with E-state index >= 15 is 0 Å². The fraction of sp³-hybridized carbons (Fsp3) is 0.364. The van der Waals surface area contributed by atoms with Gasteiger partial charge in [0.2, 0.25) is 5.91 Å². The Balaban J connectivity index is 1.62. The third kappa shape index (κ3) is 4.80. The van der Waals surface area contributed by atoms with E-state index in [0.29, 0.717) is 37.4 Å². The van der Waals surface area contributed by atoms with Gasteiger partial charge in [-0.1, -0.05) is 30.3 Å². The summed E-state index contributed by atoms with van der Waals surface area (Å²) in [6.45, 7) is 6.69. The maximum absolute atomic E-state index is 12.6. The Morgan fingerprint density at radius 2 is 1.59 bits per heavy atom. The third-order valence-corrected chi connectivity index (χ3v) is 5.04. The van der Waals surface area contributed by atoms with Crippen molar-refractivity contribution in [2.75, 3.05) is 26.2 Å². The van der Waals surface area contributed by atoms with Crippen molar-refractivity contribution in [1.82, 2.24) is 14.8 Å². The number of ether oxygens (including phenoxy) is 1. The van der Waals surface area contributed by atoms with Gasteiger partial charge in [-0.15, -0.1) is 0 Å². The number of nitrogens with zero attached hydrogens (tertiary/aromatic N) is 3. The number of hydrogen-bond acceptors (Lipinski definition) is 5. The molecule has 1 fully saturated rings. The van der Waals surface area contributed by atoms with Gasteiger partial charge >= 0.3 is 5.97 Å². The monoisotopic (exact) mass is 395 g/mol. The first-order valence-corrected chi connectivity index (χ1v) is 9.65. The highest BCUT2D eigenvalue weighted by Crippen LogP contribution is 2.19. The maximum Gasteiger partial charge on any atom is 0.340 e. The van der Waals surface area contributed by atoms with Crippen LogP contribution in [0.15, 0.2) is 42.5 Å². The standard InChI is InChI=1S/C22H25N3O4/c1-15-19(9-10-20(23-15)18-7-5-4-6-8-18)22(28)29-16(2)21(27)25-13-11-24(12-14-25)17(3)26/h4-10,16H,11-14H2,1-3H3. The summed E-state index contributed by atoms with van der Waals surface area (Å²) in [5.41, 5.74) is 2.62. The van der Waals surface area contributed by atoms with Gasteiger partial charge in [0, 0.05) is 38.7 Å². The molecule has 3 rings (SSSR count). The largest absolute Gasteiger partial charge is 0.449 e. The van der Waals surface area contributed by atoms with Crippen molar-refractivity contribution in [2.45, 2.75) is 26.9 Å². The van der Waals surface area contributed by atoms with Gasteiger partial charge in [0.05, 0.1) is 17.0 Å². The molecule has 7 nitrogen and oxygen atoms in total. The third-order valence-electron chi connectivity index (χ3n) is 5.04. The summed E-state index contributed by atoms with van der Waals surface area (Å²) in [6, 6.07) is 13.1. The van der Waals surface area contributed by atoms with Crippen LogP contribution in [0.3, 0.4) is 0 Å². The summed E-state index contributed by atoms with van der Waals surface area (Å²) >= 11 is 0. The van der Waals surface area contributed by atoms with E-state index in [1.54, 1.807) is 35.8 Å². The summed E-state index contributed by atoms with van der Waals surface area (Å²) < 4.78 is 5.40. The molecule has 0 saturated carbocycles. The molecule has 0 spiro atoms. The van der Waals surface area contributed by atoms with Crippen LogP contribution < -0.4 is 0 Å². The van der Waals surface area contributed by atoms with Gasteiger partial charge in [-0.3, -0.25) is 14.6 Å². The van der Waals surface area contributed by atoms with Gasteiger partial charge in [-0.2, -0.15) is 0 Å². The van der Waals surface area contributed by atoms with E-state index < -0.39 is 12.1 Å². The minimum atomic E-state index is -0.903. The zero-order valence-corrected chi connectivity index (χ0v) is 16.9. The predicted octanol–water partition coefficient (Wildman–Crippen LogP) is 2.29. The number of carbonyl (C=O) groups excluding carboxylic acids is 3. The average molecular weight is 395 g/mol. The van der Waals surface area contributed by atoms with Crippen LogP contribution in [0.25, 0.3) is 11.3 Å². The first kappa shape index (κ1) is 20.5. The normalized spacial score (nSPS) is 15.0. The van der Waals surface area contributed by atoms with Gasteiger partial charge in [0.25, 0.3) is 5.91 Å². The van der Waals surface area contributed by atoms with Crippen LogP contribution in [-0.4, -0.2) is 64.9 Å². The fourth-order valence-electron chi connectivity index (χ4n) is 3.32. The Hall–Kier alpha value is -3.22. The first-order valence-electron chi connectivity index (χ1n) is 9.65. The van der Waals surface area contributed by atoms with E-state index in [-0.39, 0.29) is 11.8 Å². The van der Waals surface area contributed by atoms with E-state index in [4.69, 9.17) is 4.74 Å². The first-order chi connectivity index (χ1) is 13.9. The van der Waals surface area contributed by atoms with Crippen LogP contribution in [0, 0.1) is 6.92 Å². The smallest absolute Gasteiger partial charge is 0.340 e. The summed E-state index contributed by atoms with van der Waals surface area (Å²) in [5, 5.41) is 0. The van der Waals surface area contributed by atoms with Crippen molar-refractivity contribution in [3.63, 3.8) is 0 Å². The molecule has 2 aromatic rings. The molecular formula is C22H25N3O4. The van der Waals surface area contributed by atoms with Crippen LogP contribution in [0.2, 0.25) is 0 Å². The minimum absolute atomic E-state index is 0.00139. The molecule has 1 aromatic heterocycles. The van der Waals surface area contributed by atoms with Crippen molar-refractivity contribution >= 4 is 17.8 Å². The molecule has 2 heterocycles. The second-order valence-corrected chi connectivity index (χ2v) is 7.07. The minimum Gasteiger partial charge on any atom is -0.449 e. The predicted molar refractivity (Wildman–Crippen MR) is 108 cm³/mol. The molecule has 2 amide bonds. The molecule has 1 atom stereocenters. The van der Waals surface area contributed by atoms with Crippen LogP contribution in [0.4, 0.5) is 0 Å². The van der Waals surface area contributed by atoms with Crippen LogP contribution in [0.5, 0.6) is 0 Å². The van der Waals surface area contributed by atoms with Crippen LogP contribution >= 0.6 is 0 Å². The van der Waals surface area contributed by atoms with Gasteiger partial charge < -0.3 is 14.5 Å². The summed E-state index contributed by atoms with van der Waals surface area (Å²) in [5.74, 6) is -0.829. The topological polar surface area (TPSA) is 79.8 Å². The number of benzene rings is 1. The molecule has 0 aliphatic carbocycles. The Bertz CT molecular complexity index is 906. The number of piperazine rings is 1. The van der Waals surface area contributed by atoms with Gasteiger partial charge in [0.1, 0.15) is 0 Å².